The third kappa shape index (κ3) is 1.68. The van der Waals surface area contributed by atoms with E-state index in [0.717, 1.165) is 11.4 Å². The Hall–Kier alpha value is -1.23. The number of aromatic nitrogens is 1. The molecule has 0 saturated heterocycles. The van der Waals surface area contributed by atoms with Crippen LogP contribution in [0, 0.1) is 11.8 Å². The average molecular weight is 253 g/mol. The van der Waals surface area contributed by atoms with E-state index in [4.69, 9.17) is 5.73 Å². The molecule has 2 aliphatic rings. The van der Waals surface area contributed by atoms with Gasteiger partial charge in [-0.1, -0.05) is 6.07 Å². The Morgan fingerprint density at radius 3 is 2.56 bits per heavy atom. The standard InChI is InChI=1S/C13H17F2N3/c1-18(12-3-2-8(6-16)7-17-12)9-4-10-11(5-9)13(10,14)15/h2-3,7,9-11H,4-6,16H2,1H3. The van der Waals surface area contributed by atoms with Crippen molar-refractivity contribution in [3.05, 3.63) is 23.9 Å². The van der Waals surface area contributed by atoms with Gasteiger partial charge in [-0.3, -0.25) is 0 Å². The summed E-state index contributed by atoms with van der Waals surface area (Å²) in [6, 6.07) is 4.03. The first kappa shape index (κ1) is 11.8. The van der Waals surface area contributed by atoms with Crippen LogP contribution in [-0.4, -0.2) is 24.0 Å². The first-order valence-corrected chi connectivity index (χ1v) is 6.29. The van der Waals surface area contributed by atoms with Crippen molar-refractivity contribution < 1.29 is 8.78 Å². The number of hydrogen-bond acceptors (Lipinski definition) is 3. The summed E-state index contributed by atoms with van der Waals surface area (Å²) in [7, 11) is 1.93. The largest absolute Gasteiger partial charge is 0.357 e. The molecule has 0 amide bonds. The summed E-state index contributed by atoms with van der Waals surface area (Å²) < 4.78 is 26.3. The summed E-state index contributed by atoms with van der Waals surface area (Å²) in [4.78, 5) is 6.35. The van der Waals surface area contributed by atoms with Crippen LogP contribution in [0.15, 0.2) is 18.3 Å². The van der Waals surface area contributed by atoms with Crippen LogP contribution in [0.3, 0.4) is 0 Å². The van der Waals surface area contributed by atoms with Gasteiger partial charge in [0.15, 0.2) is 0 Å². The molecule has 3 rings (SSSR count). The normalized spacial score (nSPS) is 32.1. The number of nitrogens with two attached hydrogens (primary N) is 1. The lowest BCUT2D eigenvalue weighted by Gasteiger charge is -2.27. The molecule has 0 aromatic carbocycles. The summed E-state index contributed by atoms with van der Waals surface area (Å²) >= 11 is 0. The van der Waals surface area contributed by atoms with Crippen LogP contribution in [0.2, 0.25) is 0 Å². The molecule has 2 atom stereocenters. The zero-order valence-corrected chi connectivity index (χ0v) is 10.3. The molecule has 5 heteroatoms. The predicted molar refractivity (Wildman–Crippen MR) is 65.5 cm³/mol. The van der Waals surface area contributed by atoms with Gasteiger partial charge in [0.25, 0.3) is 5.92 Å². The lowest BCUT2D eigenvalue weighted by Crippen LogP contribution is -2.32. The van der Waals surface area contributed by atoms with Gasteiger partial charge in [0.1, 0.15) is 5.82 Å². The second-order valence-corrected chi connectivity index (χ2v) is 5.35. The topological polar surface area (TPSA) is 42.1 Å². The molecule has 3 nitrogen and oxygen atoms in total. The zero-order valence-electron chi connectivity index (χ0n) is 10.3. The smallest absolute Gasteiger partial charge is 0.254 e. The van der Waals surface area contributed by atoms with Crippen LogP contribution >= 0.6 is 0 Å². The molecule has 2 N–H and O–H groups in total. The number of alkyl halides is 2. The molecule has 18 heavy (non-hydrogen) atoms. The van der Waals surface area contributed by atoms with Gasteiger partial charge in [-0.15, -0.1) is 0 Å². The van der Waals surface area contributed by atoms with Crippen molar-refractivity contribution in [2.75, 3.05) is 11.9 Å². The molecule has 2 aliphatic carbocycles. The van der Waals surface area contributed by atoms with Crippen LogP contribution in [0.5, 0.6) is 0 Å². The predicted octanol–water partition coefficient (Wildman–Crippen LogP) is 2.02. The maximum atomic E-state index is 13.1. The van der Waals surface area contributed by atoms with E-state index in [1.807, 2.05) is 24.1 Å². The number of halogens is 2. The molecule has 2 fully saturated rings. The van der Waals surface area contributed by atoms with E-state index in [1.54, 1.807) is 6.20 Å². The minimum absolute atomic E-state index is 0.191. The van der Waals surface area contributed by atoms with E-state index in [1.165, 1.54) is 0 Å². The first-order valence-electron chi connectivity index (χ1n) is 6.29. The zero-order chi connectivity index (χ0) is 12.9. The Labute approximate surface area is 105 Å². The van der Waals surface area contributed by atoms with Gasteiger partial charge in [-0.25, -0.2) is 13.8 Å². The number of pyridine rings is 1. The second kappa shape index (κ2) is 3.88. The molecule has 0 spiro atoms. The minimum atomic E-state index is -2.39. The van der Waals surface area contributed by atoms with E-state index >= 15 is 0 Å². The molecule has 1 heterocycles. The van der Waals surface area contributed by atoms with Crippen molar-refractivity contribution in [1.29, 1.82) is 0 Å². The lowest BCUT2D eigenvalue weighted by molar-refractivity contribution is 0.0696. The fourth-order valence-corrected chi connectivity index (χ4v) is 3.04. The summed E-state index contributed by atoms with van der Waals surface area (Å²) in [5.74, 6) is -2.35. The SMILES string of the molecule is CN(c1ccc(CN)cn1)C1CC2C(C1)C2(F)F. The fraction of sp³-hybridized carbons (Fsp3) is 0.615. The molecule has 0 bridgehead atoms. The Kier molecular flexibility index (Phi) is 2.55. The van der Waals surface area contributed by atoms with Crippen LogP contribution in [0.4, 0.5) is 14.6 Å². The van der Waals surface area contributed by atoms with Crippen molar-refractivity contribution in [2.45, 2.75) is 31.4 Å². The molecule has 0 aliphatic heterocycles. The van der Waals surface area contributed by atoms with Gasteiger partial charge in [0.05, 0.1) is 0 Å². The molecular weight excluding hydrogens is 236 g/mol. The Balaban J connectivity index is 1.67. The summed E-state index contributed by atoms with van der Waals surface area (Å²) in [6.07, 6.45) is 2.90. The van der Waals surface area contributed by atoms with Crippen LogP contribution < -0.4 is 10.6 Å². The maximum Gasteiger partial charge on any atom is 0.254 e. The number of nitrogens with zero attached hydrogens (tertiary/aromatic N) is 2. The fourth-order valence-electron chi connectivity index (χ4n) is 3.04. The third-order valence-corrected chi connectivity index (χ3v) is 4.37. The van der Waals surface area contributed by atoms with Crippen molar-refractivity contribution in [3.63, 3.8) is 0 Å². The minimum Gasteiger partial charge on any atom is -0.357 e. The molecule has 0 radical (unpaired) electrons. The quantitative estimate of drug-likeness (QED) is 0.896. The van der Waals surface area contributed by atoms with Crippen molar-refractivity contribution in [2.24, 2.45) is 17.6 Å². The number of fused-ring (bicyclic) bond motifs is 1. The molecule has 2 unspecified atom stereocenters. The number of hydrogen-bond donors (Lipinski definition) is 1. The van der Waals surface area contributed by atoms with Gasteiger partial charge >= 0.3 is 0 Å². The van der Waals surface area contributed by atoms with Crippen molar-refractivity contribution >= 4 is 5.82 Å². The Bertz CT molecular complexity index is 432. The highest BCUT2D eigenvalue weighted by atomic mass is 19.3. The van der Waals surface area contributed by atoms with Gasteiger partial charge in [-0.2, -0.15) is 0 Å². The Morgan fingerprint density at radius 1 is 1.39 bits per heavy atom. The van der Waals surface area contributed by atoms with Crippen LogP contribution in [0.1, 0.15) is 18.4 Å². The van der Waals surface area contributed by atoms with Crippen LogP contribution in [0.25, 0.3) is 0 Å². The number of anilines is 1. The molecule has 1 aromatic heterocycles. The highest BCUT2D eigenvalue weighted by molar-refractivity contribution is 5.40. The molecule has 98 valence electrons. The van der Waals surface area contributed by atoms with E-state index in [2.05, 4.69) is 4.98 Å². The van der Waals surface area contributed by atoms with E-state index < -0.39 is 17.8 Å². The lowest BCUT2D eigenvalue weighted by atomic mass is 10.1. The van der Waals surface area contributed by atoms with E-state index in [9.17, 15) is 8.78 Å². The van der Waals surface area contributed by atoms with Gasteiger partial charge < -0.3 is 10.6 Å². The highest BCUT2D eigenvalue weighted by Crippen LogP contribution is 2.64. The van der Waals surface area contributed by atoms with Gasteiger partial charge in [0, 0.05) is 37.7 Å². The van der Waals surface area contributed by atoms with Crippen molar-refractivity contribution in [3.8, 4) is 0 Å². The summed E-state index contributed by atoms with van der Waals surface area (Å²) in [6.45, 7) is 0.469. The monoisotopic (exact) mass is 253 g/mol. The van der Waals surface area contributed by atoms with Gasteiger partial charge in [-0.05, 0) is 24.5 Å². The highest BCUT2D eigenvalue weighted by Gasteiger charge is 2.71. The van der Waals surface area contributed by atoms with Crippen molar-refractivity contribution in [1.82, 2.24) is 4.98 Å². The number of rotatable bonds is 3. The summed E-state index contributed by atoms with van der Waals surface area (Å²) in [5.41, 5.74) is 6.49. The molecule has 2 saturated carbocycles. The van der Waals surface area contributed by atoms with Crippen LogP contribution in [-0.2, 0) is 6.54 Å². The van der Waals surface area contributed by atoms with Gasteiger partial charge in [0.2, 0.25) is 0 Å². The van der Waals surface area contributed by atoms with E-state index in [0.29, 0.717) is 19.4 Å². The Morgan fingerprint density at radius 2 is 2.06 bits per heavy atom. The summed E-state index contributed by atoms with van der Waals surface area (Å²) in [5, 5.41) is 0. The molecular formula is C13H17F2N3. The maximum absolute atomic E-state index is 13.1. The second-order valence-electron chi connectivity index (χ2n) is 5.35. The average Bonchev–Trinajstić information content (AvgIpc) is 2.78. The first-order chi connectivity index (χ1) is 8.54. The molecule has 1 aromatic rings. The third-order valence-electron chi connectivity index (χ3n) is 4.37. The van der Waals surface area contributed by atoms with E-state index in [-0.39, 0.29) is 6.04 Å².